The van der Waals surface area contributed by atoms with Crippen LogP contribution in [-0.2, 0) is 9.59 Å². The third-order valence-corrected chi connectivity index (χ3v) is 6.55. The van der Waals surface area contributed by atoms with Gasteiger partial charge in [0.2, 0.25) is 0 Å². The molecule has 7 heteroatoms. The Kier molecular flexibility index (Phi) is 3.80. The molecule has 1 N–H and O–H groups in total. The van der Waals surface area contributed by atoms with Crippen LogP contribution in [0.3, 0.4) is 0 Å². The van der Waals surface area contributed by atoms with E-state index in [2.05, 4.69) is 10.5 Å². The second-order valence-corrected chi connectivity index (χ2v) is 7.82. The van der Waals surface area contributed by atoms with Crippen molar-refractivity contribution < 1.29 is 19.5 Å². The van der Waals surface area contributed by atoms with E-state index < -0.39 is 33.9 Å². The first-order chi connectivity index (χ1) is 11.6. The fourth-order valence-electron chi connectivity index (χ4n) is 4.19. The van der Waals surface area contributed by atoms with E-state index in [1.165, 1.54) is 12.1 Å². The van der Waals surface area contributed by atoms with Gasteiger partial charge in [-0.1, -0.05) is 32.4 Å². The topological polar surface area (TPSA) is 98.7 Å². The molecule has 2 atom stereocenters. The summed E-state index contributed by atoms with van der Waals surface area (Å²) in [6.07, 6.45) is 0.719. The van der Waals surface area contributed by atoms with Crippen LogP contribution in [0.4, 0.5) is 0 Å². The van der Waals surface area contributed by atoms with E-state index in [1.54, 1.807) is 26.0 Å². The molecule has 1 aromatic rings. The lowest BCUT2D eigenvalue weighted by molar-refractivity contribution is -0.320. The number of halogens is 1. The van der Waals surface area contributed by atoms with Gasteiger partial charge in [0.1, 0.15) is 5.71 Å². The number of rotatable bonds is 3. The van der Waals surface area contributed by atoms with E-state index in [1.807, 2.05) is 6.92 Å². The highest BCUT2D eigenvalue weighted by Crippen LogP contribution is 2.69. The summed E-state index contributed by atoms with van der Waals surface area (Å²) in [6, 6.07) is 6.22. The van der Waals surface area contributed by atoms with E-state index in [-0.39, 0.29) is 12.1 Å². The zero-order chi connectivity index (χ0) is 18.6. The molecular formula is C18H18ClN2O4-. The molecule has 0 spiro atoms. The highest BCUT2D eigenvalue weighted by Gasteiger charge is 2.74. The Morgan fingerprint density at radius 1 is 1.16 bits per heavy atom. The van der Waals surface area contributed by atoms with Crippen molar-refractivity contribution in [2.45, 2.75) is 33.6 Å². The van der Waals surface area contributed by atoms with Crippen molar-refractivity contribution in [2.75, 3.05) is 0 Å². The zero-order valence-corrected chi connectivity index (χ0v) is 14.9. The number of hydrogen-bond donors (Lipinski definition) is 1. The third-order valence-electron chi connectivity index (χ3n) is 6.30. The molecule has 0 saturated heterocycles. The average Bonchev–Trinajstić information content (AvgIpc) is 2.82. The van der Waals surface area contributed by atoms with Crippen molar-refractivity contribution in [3.63, 3.8) is 0 Å². The van der Waals surface area contributed by atoms with E-state index in [9.17, 15) is 19.5 Å². The fourth-order valence-corrected chi connectivity index (χ4v) is 4.32. The number of amides is 1. The zero-order valence-electron chi connectivity index (χ0n) is 14.2. The molecule has 2 fully saturated rings. The van der Waals surface area contributed by atoms with Crippen molar-refractivity contribution in [1.82, 2.24) is 5.43 Å². The Bertz CT molecular complexity index is 815. The summed E-state index contributed by atoms with van der Waals surface area (Å²) in [5.41, 5.74) is -0.382. The number of carboxylic acid groups (broad SMARTS) is 1. The number of ketones is 1. The van der Waals surface area contributed by atoms with Gasteiger partial charge in [-0.3, -0.25) is 9.59 Å². The minimum atomic E-state index is -1.59. The molecule has 0 aliphatic heterocycles. The van der Waals surface area contributed by atoms with Crippen LogP contribution in [0, 0.1) is 16.2 Å². The SMILES string of the molecule is CC12CCC(C(=O)[O-])(C(=O)/C1=N\NC(=O)c1ccc(Cl)cc1)C2(C)C. The molecule has 1 aromatic carbocycles. The molecule has 25 heavy (non-hydrogen) atoms. The van der Waals surface area contributed by atoms with Gasteiger partial charge in [0.25, 0.3) is 5.91 Å². The number of nitrogens with one attached hydrogen (secondary N) is 1. The van der Waals surface area contributed by atoms with E-state index in [4.69, 9.17) is 11.6 Å². The summed E-state index contributed by atoms with van der Waals surface area (Å²) in [5.74, 6) is -2.44. The highest BCUT2D eigenvalue weighted by atomic mass is 35.5. The predicted octanol–water partition coefficient (Wildman–Crippen LogP) is 1.57. The molecule has 2 saturated carbocycles. The predicted molar refractivity (Wildman–Crippen MR) is 89.9 cm³/mol. The van der Waals surface area contributed by atoms with Gasteiger partial charge in [-0.15, -0.1) is 0 Å². The van der Waals surface area contributed by atoms with Crippen LogP contribution in [-0.4, -0.2) is 23.4 Å². The van der Waals surface area contributed by atoms with Crippen molar-refractivity contribution in [3.05, 3.63) is 34.9 Å². The van der Waals surface area contributed by atoms with Gasteiger partial charge in [0.15, 0.2) is 5.78 Å². The van der Waals surface area contributed by atoms with E-state index in [0.29, 0.717) is 17.0 Å². The number of carbonyl (C=O) groups excluding carboxylic acids is 3. The maximum absolute atomic E-state index is 12.8. The first-order valence-electron chi connectivity index (χ1n) is 7.98. The van der Waals surface area contributed by atoms with E-state index in [0.717, 1.165) is 0 Å². The van der Waals surface area contributed by atoms with Gasteiger partial charge in [0.05, 0.1) is 11.4 Å². The molecule has 2 bridgehead atoms. The Hall–Kier alpha value is -2.21. The highest BCUT2D eigenvalue weighted by molar-refractivity contribution is 6.50. The first kappa shape index (κ1) is 17.6. The molecular weight excluding hydrogens is 344 g/mol. The van der Waals surface area contributed by atoms with Gasteiger partial charge in [0, 0.05) is 16.0 Å². The van der Waals surface area contributed by atoms with Crippen LogP contribution in [0.15, 0.2) is 29.4 Å². The molecule has 2 unspecified atom stereocenters. The Morgan fingerprint density at radius 2 is 1.76 bits per heavy atom. The average molecular weight is 362 g/mol. The van der Waals surface area contributed by atoms with Crippen LogP contribution in [0.5, 0.6) is 0 Å². The van der Waals surface area contributed by atoms with Crippen LogP contribution in [0.25, 0.3) is 0 Å². The number of fused-ring (bicyclic) bond motifs is 2. The summed E-state index contributed by atoms with van der Waals surface area (Å²) >= 11 is 5.79. The van der Waals surface area contributed by atoms with Crippen molar-refractivity contribution in [1.29, 1.82) is 0 Å². The number of carboxylic acids is 1. The molecule has 0 aromatic heterocycles. The smallest absolute Gasteiger partial charge is 0.271 e. The molecule has 1 amide bonds. The van der Waals surface area contributed by atoms with Gasteiger partial charge in [-0.25, -0.2) is 5.43 Å². The fraction of sp³-hybridized carbons (Fsp3) is 0.444. The summed E-state index contributed by atoms with van der Waals surface area (Å²) in [5, 5.41) is 16.3. The van der Waals surface area contributed by atoms with Crippen molar-refractivity contribution in [3.8, 4) is 0 Å². The number of carbonyl (C=O) groups is 3. The summed E-state index contributed by atoms with van der Waals surface area (Å²) in [4.78, 5) is 36.8. The molecule has 0 radical (unpaired) electrons. The van der Waals surface area contributed by atoms with E-state index >= 15 is 0 Å². The number of nitrogens with zero attached hydrogens (tertiary/aromatic N) is 1. The standard InChI is InChI=1S/C18H19ClN2O4/c1-16(2)17(3)8-9-18(16,15(24)25)13(22)12(17)20-21-14(23)10-4-6-11(19)7-5-10/h4-7H,8-9H2,1-3H3,(H,21,23)(H,24,25)/p-1/b20-12+. The molecule has 0 heterocycles. The van der Waals surface area contributed by atoms with Crippen LogP contribution in [0.1, 0.15) is 44.0 Å². The molecule has 132 valence electrons. The number of hydrazone groups is 1. The quantitative estimate of drug-likeness (QED) is 0.652. The second kappa shape index (κ2) is 5.39. The number of Topliss-reactive ketones (excluding diaryl/α,β-unsaturated/α-hetero) is 1. The van der Waals surface area contributed by atoms with Crippen molar-refractivity contribution in [2.24, 2.45) is 21.3 Å². The Balaban J connectivity index is 1.94. The lowest BCUT2D eigenvalue weighted by atomic mass is 9.65. The third kappa shape index (κ3) is 2.10. The Morgan fingerprint density at radius 3 is 2.28 bits per heavy atom. The second-order valence-electron chi connectivity index (χ2n) is 7.39. The molecule has 2 aliphatic carbocycles. The van der Waals surface area contributed by atoms with Crippen molar-refractivity contribution >= 4 is 35.0 Å². The van der Waals surface area contributed by atoms with Gasteiger partial charge >= 0.3 is 0 Å². The number of hydrogen-bond acceptors (Lipinski definition) is 5. The maximum Gasteiger partial charge on any atom is 0.271 e. The van der Waals surface area contributed by atoms with Gasteiger partial charge < -0.3 is 9.90 Å². The molecule has 2 aliphatic rings. The number of aliphatic carboxylic acids is 1. The normalized spacial score (nSPS) is 31.4. The lowest BCUT2D eigenvalue weighted by Crippen LogP contribution is -2.51. The van der Waals surface area contributed by atoms with Crippen LogP contribution >= 0.6 is 11.6 Å². The lowest BCUT2D eigenvalue weighted by Gasteiger charge is -2.39. The minimum absolute atomic E-state index is 0.0928. The van der Waals surface area contributed by atoms with Gasteiger partial charge in [-0.2, -0.15) is 5.10 Å². The largest absolute Gasteiger partial charge is 0.549 e. The number of benzene rings is 1. The Labute approximate surface area is 150 Å². The van der Waals surface area contributed by atoms with Crippen LogP contribution in [0.2, 0.25) is 5.02 Å². The summed E-state index contributed by atoms with van der Waals surface area (Å²) < 4.78 is 0. The van der Waals surface area contributed by atoms with Gasteiger partial charge in [-0.05, 0) is 42.5 Å². The minimum Gasteiger partial charge on any atom is -0.549 e. The monoisotopic (exact) mass is 361 g/mol. The van der Waals surface area contributed by atoms with Crippen LogP contribution < -0.4 is 10.5 Å². The summed E-state index contributed by atoms with van der Waals surface area (Å²) in [7, 11) is 0. The summed E-state index contributed by atoms with van der Waals surface area (Å²) in [6.45, 7) is 5.31. The first-order valence-corrected chi connectivity index (χ1v) is 8.36. The maximum atomic E-state index is 12.8. The molecule has 3 rings (SSSR count). The molecule has 6 nitrogen and oxygen atoms in total.